The van der Waals surface area contributed by atoms with Crippen molar-refractivity contribution in [2.45, 2.75) is 19.8 Å². The van der Waals surface area contributed by atoms with Gasteiger partial charge in [-0.1, -0.05) is 25.5 Å². The van der Waals surface area contributed by atoms with Gasteiger partial charge >= 0.3 is 5.97 Å². The number of hydrogen-bond acceptors (Lipinski definition) is 4. The smallest absolute Gasteiger partial charge is 0.355 e. The molecule has 0 saturated carbocycles. The highest BCUT2D eigenvalue weighted by Crippen LogP contribution is 2.28. The van der Waals surface area contributed by atoms with E-state index in [1.54, 1.807) is 5.38 Å². The molecule has 0 amide bonds. The summed E-state index contributed by atoms with van der Waals surface area (Å²) >= 11 is 1.31. The van der Waals surface area contributed by atoms with Gasteiger partial charge < -0.3 is 9.84 Å². The number of nitrogens with zero attached hydrogens (tertiary/aromatic N) is 1. The second-order valence-electron chi connectivity index (χ2n) is 5.36. The Kier molecular flexibility index (Phi) is 4.91. The van der Waals surface area contributed by atoms with Crippen LogP contribution in [0.3, 0.4) is 0 Å². The summed E-state index contributed by atoms with van der Waals surface area (Å²) in [4.78, 5) is 15.0. The van der Waals surface area contributed by atoms with Crippen molar-refractivity contribution in [3.05, 3.63) is 65.2 Å². The highest BCUT2D eigenvalue weighted by Gasteiger charge is 2.10. The predicted octanol–water partition coefficient (Wildman–Crippen LogP) is 5.25. The van der Waals surface area contributed by atoms with Gasteiger partial charge in [0, 0.05) is 10.9 Å². The van der Waals surface area contributed by atoms with Gasteiger partial charge in [-0.3, -0.25) is 0 Å². The minimum Gasteiger partial charge on any atom is -0.476 e. The molecule has 0 spiro atoms. The molecule has 0 fully saturated rings. The molecule has 0 radical (unpaired) electrons. The summed E-state index contributed by atoms with van der Waals surface area (Å²) in [6.07, 6.45) is 2.20. The van der Waals surface area contributed by atoms with Crippen LogP contribution in [0.25, 0.3) is 10.6 Å². The Bertz CT molecular complexity index is 823. The third-order valence-electron chi connectivity index (χ3n) is 3.52. The second-order valence-corrected chi connectivity index (χ2v) is 6.22. The fourth-order valence-electron chi connectivity index (χ4n) is 2.32. The lowest BCUT2D eigenvalue weighted by Crippen LogP contribution is -1.95. The van der Waals surface area contributed by atoms with Crippen molar-refractivity contribution in [2.24, 2.45) is 0 Å². The van der Waals surface area contributed by atoms with E-state index < -0.39 is 5.97 Å². The second kappa shape index (κ2) is 7.27. The van der Waals surface area contributed by atoms with Crippen LogP contribution in [0.5, 0.6) is 11.5 Å². The molecule has 0 aliphatic rings. The molecule has 1 aromatic heterocycles. The minimum atomic E-state index is -1.01. The van der Waals surface area contributed by atoms with Gasteiger partial charge in [-0.15, -0.1) is 11.3 Å². The van der Waals surface area contributed by atoms with Crippen LogP contribution in [0.2, 0.25) is 0 Å². The summed E-state index contributed by atoms with van der Waals surface area (Å²) in [5.41, 5.74) is 2.25. The number of carbonyl (C=O) groups is 1. The number of aromatic nitrogens is 1. The van der Waals surface area contributed by atoms with Crippen LogP contribution in [0, 0.1) is 0 Å². The standard InChI is InChI=1S/C19H17NO3S/c1-2-3-13-4-8-15(9-5-13)23-16-10-6-14(7-11-16)18-20-17(12-24-18)19(21)22/h4-12H,2-3H2,1H3,(H,21,22). The summed E-state index contributed by atoms with van der Waals surface area (Å²) in [6.45, 7) is 2.16. The van der Waals surface area contributed by atoms with E-state index in [1.807, 2.05) is 36.4 Å². The maximum atomic E-state index is 10.9. The molecule has 3 rings (SSSR count). The number of rotatable bonds is 6. The lowest BCUT2D eigenvalue weighted by molar-refractivity contribution is 0.0691. The average Bonchev–Trinajstić information content (AvgIpc) is 3.08. The van der Waals surface area contributed by atoms with Gasteiger partial charge in [0.05, 0.1) is 0 Å². The quantitative estimate of drug-likeness (QED) is 0.666. The van der Waals surface area contributed by atoms with Crippen LogP contribution in [-0.2, 0) is 6.42 Å². The molecule has 0 atom stereocenters. The van der Waals surface area contributed by atoms with Crippen LogP contribution in [0.15, 0.2) is 53.9 Å². The van der Waals surface area contributed by atoms with E-state index in [9.17, 15) is 4.79 Å². The molecule has 122 valence electrons. The number of aryl methyl sites for hydroxylation is 1. The summed E-state index contributed by atoms with van der Waals surface area (Å²) in [6, 6.07) is 15.6. The van der Waals surface area contributed by atoms with Crippen molar-refractivity contribution >= 4 is 17.3 Å². The molecule has 3 aromatic rings. The summed E-state index contributed by atoms with van der Waals surface area (Å²) in [5, 5.41) is 11.2. The molecule has 1 heterocycles. The van der Waals surface area contributed by atoms with Crippen LogP contribution < -0.4 is 4.74 Å². The summed E-state index contributed by atoms with van der Waals surface area (Å²) in [7, 11) is 0. The normalized spacial score (nSPS) is 10.5. The molecule has 24 heavy (non-hydrogen) atoms. The Hall–Kier alpha value is -2.66. The Labute approximate surface area is 144 Å². The van der Waals surface area contributed by atoms with Gasteiger partial charge in [-0.2, -0.15) is 0 Å². The zero-order valence-corrected chi connectivity index (χ0v) is 14.0. The molecule has 0 aliphatic carbocycles. The monoisotopic (exact) mass is 339 g/mol. The van der Waals surface area contributed by atoms with Gasteiger partial charge in [0.2, 0.25) is 0 Å². The van der Waals surface area contributed by atoms with Crippen LogP contribution in [0.1, 0.15) is 29.4 Å². The largest absolute Gasteiger partial charge is 0.476 e. The van der Waals surface area contributed by atoms with Crippen molar-refractivity contribution in [1.29, 1.82) is 0 Å². The molecular weight excluding hydrogens is 322 g/mol. The lowest BCUT2D eigenvalue weighted by Gasteiger charge is -2.07. The molecule has 0 saturated heterocycles. The SMILES string of the molecule is CCCc1ccc(Oc2ccc(-c3nc(C(=O)O)cs3)cc2)cc1. The van der Waals surface area contributed by atoms with Gasteiger partial charge in [0.25, 0.3) is 0 Å². The number of carboxylic acid groups (broad SMARTS) is 1. The first-order chi connectivity index (χ1) is 11.7. The number of carboxylic acids is 1. The number of ether oxygens (including phenoxy) is 1. The predicted molar refractivity (Wildman–Crippen MR) is 95.0 cm³/mol. The first-order valence-electron chi connectivity index (χ1n) is 7.72. The Morgan fingerprint density at radius 2 is 1.71 bits per heavy atom. The first-order valence-corrected chi connectivity index (χ1v) is 8.59. The third-order valence-corrected chi connectivity index (χ3v) is 4.41. The highest BCUT2D eigenvalue weighted by molar-refractivity contribution is 7.13. The van der Waals surface area contributed by atoms with E-state index in [0.29, 0.717) is 5.01 Å². The highest BCUT2D eigenvalue weighted by atomic mass is 32.1. The lowest BCUT2D eigenvalue weighted by atomic mass is 10.1. The number of aromatic carboxylic acids is 1. The maximum Gasteiger partial charge on any atom is 0.355 e. The fraction of sp³-hybridized carbons (Fsp3) is 0.158. The molecule has 0 aliphatic heterocycles. The topological polar surface area (TPSA) is 59.4 Å². The van der Waals surface area contributed by atoms with E-state index in [1.165, 1.54) is 16.9 Å². The van der Waals surface area contributed by atoms with Crippen LogP contribution in [-0.4, -0.2) is 16.1 Å². The zero-order valence-electron chi connectivity index (χ0n) is 13.2. The van der Waals surface area contributed by atoms with Crippen molar-refractivity contribution in [2.75, 3.05) is 0 Å². The van der Waals surface area contributed by atoms with E-state index in [2.05, 4.69) is 24.0 Å². The molecule has 5 heteroatoms. The fourth-order valence-corrected chi connectivity index (χ4v) is 3.12. The van der Waals surface area contributed by atoms with E-state index in [4.69, 9.17) is 9.84 Å². The summed E-state index contributed by atoms with van der Waals surface area (Å²) in [5.74, 6) is 0.519. The van der Waals surface area contributed by atoms with Crippen molar-refractivity contribution in [3.63, 3.8) is 0 Å². The molecule has 4 nitrogen and oxygen atoms in total. The number of thiazole rings is 1. The Morgan fingerprint density at radius 3 is 2.25 bits per heavy atom. The average molecular weight is 339 g/mol. The molecule has 1 N–H and O–H groups in total. The third kappa shape index (κ3) is 3.81. The van der Waals surface area contributed by atoms with E-state index >= 15 is 0 Å². The molecule has 0 bridgehead atoms. The van der Waals surface area contributed by atoms with Gasteiger partial charge in [0.1, 0.15) is 16.5 Å². The maximum absolute atomic E-state index is 10.9. The van der Waals surface area contributed by atoms with Gasteiger partial charge in [-0.05, 0) is 48.4 Å². The van der Waals surface area contributed by atoms with Gasteiger partial charge in [-0.25, -0.2) is 9.78 Å². The summed E-state index contributed by atoms with van der Waals surface area (Å²) < 4.78 is 5.83. The molecule has 2 aromatic carbocycles. The zero-order chi connectivity index (χ0) is 16.9. The minimum absolute atomic E-state index is 0.0718. The molecular formula is C19H17NO3S. The number of hydrogen-bond donors (Lipinski definition) is 1. The van der Waals surface area contributed by atoms with Crippen LogP contribution in [0.4, 0.5) is 0 Å². The Balaban J connectivity index is 1.70. The van der Waals surface area contributed by atoms with Crippen LogP contribution >= 0.6 is 11.3 Å². The Morgan fingerprint density at radius 1 is 1.08 bits per heavy atom. The first kappa shape index (κ1) is 16.2. The van der Waals surface area contributed by atoms with E-state index in [-0.39, 0.29) is 5.69 Å². The van der Waals surface area contributed by atoms with E-state index in [0.717, 1.165) is 29.9 Å². The molecule has 0 unspecified atom stereocenters. The van der Waals surface area contributed by atoms with Crippen molar-refractivity contribution in [3.8, 4) is 22.1 Å². The number of benzene rings is 2. The van der Waals surface area contributed by atoms with Crippen molar-refractivity contribution < 1.29 is 14.6 Å². The van der Waals surface area contributed by atoms with Crippen molar-refractivity contribution in [1.82, 2.24) is 4.98 Å². The van der Waals surface area contributed by atoms with Gasteiger partial charge in [0.15, 0.2) is 5.69 Å².